The lowest BCUT2D eigenvalue weighted by Crippen LogP contribution is -1.83. The summed E-state index contributed by atoms with van der Waals surface area (Å²) < 4.78 is 2.15. The van der Waals surface area contributed by atoms with E-state index in [4.69, 9.17) is 12.2 Å². The number of aryl methyl sites for hydroxylation is 1. The minimum atomic E-state index is 0.868. The number of unbranched alkanes of at least 4 members (excludes halogenated alkanes) is 1. The Morgan fingerprint density at radius 1 is 1.43 bits per heavy atom. The zero-order valence-corrected chi connectivity index (χ0v) is 9.80. The van der Waals surface area contributed by atoms with Crippen LogP contribution in [0.3, 0.4) is 0 Å². The van der Waals surface area contributed by atoms with Crippen LogP contribution < -0.4 is 0 Å². The second-order valence-corrected chi connectivity index (χ2v) is 5.17. The van der Waals surface area contributed by atoms with E-state index in [1.54, 1.807) is 11.3 Å². The average Bonchev–Trinajstić information content (AvgIpc) is 2.54. The van der Waals surface area contributed by atoms with Crippen molar-refractivity contribution in [3.8, 4) is 0 Å². The molecule has 74 valence electrons. The summed E-state index contributed by atoms with van der Waals surface area (Å²) in [6.45, 7) is 2.22. The molecule has 0 radical (unpaired) electrons. The van der Waals surface area contributed by atoms with Gasteiger partial charge in [-0.25, -0.2) is 0 Å². The maximum atomic E-state index is 5.11. The van der Waals surface area contributed by atoms with E-state index in [1.807, 2.05) is 0 Å². The third-order valence-electron chi connectivity index (χ3n) is 2.30. The molecule has 2 aromatic rings. The van der Waals surface area contributed by atoms with Gasteiger partial charge in [-0.1, -0.05) is 19.4 Å². The molecule has 0 amide bonds. The van der Waals surface area contributed by atoms with Crippen LogP contribution in [0, 0.1) is 3.95 Å². The van der Waals surface area contributed by atoms with E-state index in [-0.39, 0.29) is 0 Å². The van der Waals surface area contributed by atoms with Gasteiger partial charge in [0.1, 0.15) is 0 Å². The molecule has 0 unspecified atom stereocenters. The van der Waals surface area contributed by atoms with Crippen molar-refractivity contribution in [1.29, 1.82) is 0 Å². The molecule has 0 saturated carbocycles. The number of hydrogen-bond donors (Lipinski definition) is 1. The molecule has 1 aromatic carbocycles. The number of thiazole rings is 1. The zero-order valence-electron chi connectivity index (χ0n) is 8.17. The van der Waals surface area contributed by atoms with E-state index in [0.717, 1.165) is 3.95 Å². The summed E-state index contributed by atoms with van der Waals surface area (Å²) in [7, 11) is 0. The van der Waals surface area contributed by atoms with Crippen molar-refractivity contribution in [3.63, 3.8) is 0 Å². The van der Waals surface area contributed by atoms with Gasteiger partial charge in [0.05, 0.1) is 10.2 Å². The van der Waals surface area contributed by atoms with E-state index in [9.17, 15) is 0 Å². The predicted octanol–water partition coefficient (Wildman–Crippen LogP) is 4.30. The van der Waals surface area contributed by atoms with Crippen molar-refractivity contribution in [2.45, 2.75) is 26.2 Å². The maximum absolute atomic E-state index is 5.11. The van der Waals surface area contributed by atoms with Gasteiger partial charge in [-0.2, -0.15) is 0 Å². The van der Waals surface area contributed by atoms with Crippen LogP contribution in [-0.4, -0.2) is 4.98 Å². The molecule has 0 bridgehead atoms. The molecular weight excluding hydrogens is 210 g/mol. The quantitative estimate of drug-likeness (QED) is 0.767. The van der Waals surface area contributed by atoms with Crippen LogP contribution >= 0.6 is 23.6 Å². The second-order valence-electron chi connectivity index (χ2n) is 3.45. The Bertz CT molecular complexity index is 481. The SMILES string of the molecule is CCCCc1ccc2[nH]c(=S)sc2c1. The van der Waals surface area contributed by atoms with E-state index in [1.165, 1.54) is 35.0 Å². The lowest BCUT2D eigenvalue weighted by atomic mass is 10.1. The minimum Gasteiger partial charge on any atom is -0.337 e. The van der Waals surface area contributed by atoms with Crippen LogP contribution in [0.25, 0.3) is 10.2 Å². The van der Waals surface area contributed by atoms with Gasteiger partial charge < -0.3 is 4.98 Å². The molecule has 1 aromatic heterocycles. The molecule has 0 aliphatic carbocycles. The molecule has 14 heavy (non-hydrogen) atoms. The molecule has 1 nitrogen and oxygen atoms in total. The molecule has 0 atom stereocenters. The van der Waals surface area contributed by atoms with Gasteiger partial charge in [-0.15, -0.1) is 11.3 Å². The smallest absolute Gasteiger partial charge is 0.159 e. The third kappa shape index (κ3) is 2.04. The molecule has 0 saturated heterocycles. The number of nitrogens with one attached hydrogen (secondary N) is 1. The van der Waals surface area contributed by atoms with Crippen LogP contribution in [0.15, 0.2) is 18.2 Å². The van der Waals surface area contributed by atoms with Gasteiger partial charge in [-0.3, -0.25) is 0 Å². The lowest BCUT2D eigenvalue weighted by Gasteiger charge is -1.98. The topological polar surface area (TPSA) is 15.8 Å². The van der Waals surface area contributed by atoms with Gasteiger partial charge in [0.15, 0.2) is 3.95 Å². The van der Waals surface area contributed by atoms with Crippen molar-refractivity contribution in [3.05, 3.63) is 27.7 Å². The van der Waals surface area contributed by atoms with Crippen molar-refractivity contribution in [1.82, 2.24) is 4.98 Å². The van der Waals surface area contributed by atoms with Gasteiger partial charge in [0.2, 0.25) is 0 Å². The number of aromatic nitrogens is 1. The van der Waals surface area contributed by atoms with E-state index in [0.29, 0.717) is 0 Å². The first-order valence-electron chi connectivity index (χ1n) is 4.91. The fourth-order valence-electron chi connectivity index (χ4n) is 1.53. The lowest BCUT2D eigenvalue weighted by molar-refractivity contribution is 0.796. The Morgan fingerprint density at radius 2 is 2.29 bits per heavy atom. The summed E-state index contributed by atoms with van der Waals surface area (Å²) in [5.41, 5.74) is 2.59. The van der Waals surface area contributed by atoms with Gasteiger partial charge in [-0.05, 0) is 42.8 Å². The summed E-state index contributed by atoms with van der Waals surface area (Å²) in [5, 5.41) is 0. The van der Waals surface area contributed by atoms with E-state index in [2.05, 4.69) is 30.1 Å². The third-order valence-corrected chi connectivity index (χ3v) is 3.50. The fraction of sp³-hybridized carbons (Fsp3) is 0.364. The summed E-state index contributed by atoms with van der Waals surface area (Å²) >= 11 is 6.77. The Kier molecular flexibility index (Phi) is 2.99. The average molecular weight is 223 g/mol. The van der Waals surface area contributed by atoms with Crippen LogP contribution in [0.4, 0.5) is 0 Å². The van der Waals surface area contributed by atoms with Crippen molar-refractivity contribution < 1.29 is 0 Å². The van der Waals surface area contributed by atoms with Crippen LogP contribution in [0.1, 0.15) is 25.3 Å². The molecule has 1 heterocycles. The first-order chi connectivity index (χ1) is 6.79. The standard InChI is InChI=1S/C11H13NS2/c1-2-3-4-8-5-6-9-10(7-8)14-11(13)12-9/h5-7H,2-4H2,1H3,(H,12,13). The number of hydrogen-bond acceptors (Lipinski definition) is 2. The predicted molar refractivity (Wildman–Crippen MR) is 65.6 cm³/mol. The fourth-order valence-corrected chi connectivity index (χ4v) is 2.71. The largest absolute Gasteiger partial charge is 0.337 e. The van der Waals surface area contributed by atoms with Gasteiger partial charge >= 0.3 is 0 Å². The van der Waals surface area contributed by atoms with Crippen molar-refractivity contribution in [2.24, 2.45) is 0 Å². The zero-order chi connectivity index (χ0) is 9.97. The highest BCUT2D eigenvalue weighted by molar-refractivity contribution is 7.73. The van der Waals surface area contributed by atoms with Crippen LogP contribution in [-0.2, 0) is 6.42 Å². The molecule has 0 fully saturated rings. The van der Waals surface area contributed by atoms with E-state index >= 15 is 0 Å². The molecular formula is C11H13NS2. The van der Waals surface area contributed by atoms with Crippen LogP contribution in [0.2, 0.25) is 0 Å². The first-order valence-corrected chi connectivity index (χ1v) is 6.14. The monoisotopic (exact) mass is 223 g/mol. The highest BCUT2D eigenvalue weighted by atomic mass is 32.1. The van der Waals surface area contributed by atoms with Crippen molar-refractivity contribution in [2.75, 3.05) is 0 Å². The van der Waals surface area contributed by atoms with Gasteiger partial charge in [0, 0.05) is 0 Å². The summed E-state index contributed by atoms with van der Waals surface area (Å²) in [5.74, 6) is 0. The molecule has 0 aliphatic rings. The highest BCUT2D eigenvalue weighted by Gasteiger charge is 1.98. The Labute approximate surface area is 92.8 Å². The van der Waals surface area contributed by atoms with Crippen LogP contribution in [0.5, 0.6) is 0 Å². The minimum absolute atomic E-state index is 0.868. The Hall–Kier alpha value is -0.670. The summed E-state index contributed by atoms with van der Waals surface area (Å²) in [6.07, 6.45) is 3.69. The summed E-state index contributed by atoms with van der Waals surface area (Å²) in [4.78, 5) is 3.18. The molecule has 0 spiro atoms. The van der Waals surface area contributed by atoms with E-state index < -0.39 is 0 Å². The number of benzene rings is 1. The molecule has 1 N–H and O–H groups in total. The first kappa shape index (κ1) is 9.87. The number of rotatable bonds is 3. The molecule has 2 rings (SSSR count). The Balaban J connectivity index is 2.35. The highest BCUT2D eigenvalue weighted by Crippen LogP contribution is 2.21. The molecule has 0 aliphatic heterocycles. The number of H-pyrrole nitrogens is 1. The van der Waals surface area contributed by atoms with Gasteiger partial charge in [0.25, 0.3) is 0 Å². The Morgan fingerprint density at radius 3 is 3.07 bits per heavy atom. The number of fused-ring (bicyclic) bond motifs is 1. The van der Waals surface area contributed by atoms with Crippen molar-refractivity contribution >= 4 is 33.8 Å². The number of aromatic amines is 1. The summed E-state index contributed by atoms with van der Waals surface area (Å²) in [6, 6.07) is 6.57. The maximum Gasteiger partial charge on any atom is 0.159 e. The normalized spacial score (nSPS) is 10.9. The molecule has 3 heteroatoms. The second kappa shape index (κ2) is 4.24.